The Morgan fingerprint density at radius 2 is 1.83 bits per heavy atom. The van der Waals surface area contributed by atoms with Crippen molar-refractivity contribution in [1.29, 1.82) is 0 Å². The first-order chi connectivity index (χ1) is 8.20. The summed E-state index contributed by atoms with van der Waals surface area (Å²) in [7, 11) is -3.50. The molecule has 0 aromatic heterocycles. The second kappa shape index (κ2) is 7.70. The lowest BCUT2D eigenvalue weighted by atomic mass is 10.2. The lowest BCUT2D eigenvalue weighted by Crippen LogP contribution is -2.42. The van der Waals surface area contributed by atoms with Crippen molar-refractivity contribution in [2.75, 3.05) is 18.8 Å². The van der Waals surface area contributed by atoms with Gasteiger partial charge in [-0.1, -0.05) is 20.3 Å². The molecule has 0 fully saturated rings. The average molecular weight is 281 g/mol. The quantitative estimate of drug-likeness (QED) is 0.642. The molecule has 0 aliphatic rings. The minimum atomic E-state index is -3.50. The van der Waals surface area contributed by atoms with Gasteiger partial charge in [0.25, 0.3) is 0 Å². The van der Waals surface area contributed by atoms with Gasteiger partial charge in [-0.15, -0.1) is 0 Å². The lowest BCUT2D eigenvalue weighted by molar-refractivity contribution is -0.141. The third kappa shape index (κ3) is 6.32. The van der Waals surface area contributed by atoms with E-state index in [1.165, 1.54) is 13.8 Å². The zero-order chi connectivity index (χ0) is 14.3. The zero-order valence-electron chi connectivity index (χ0n) is 11.2. The Morgan fingerprint density at radius 1 is 1.28 bits per heavy atom. The second-order valence-corrected chi connectivity index (χ2v) is 6.66. The molecule has 0 aliphatic heterocycles. The maximum absolute atomic E-state index is 12.0. The SMILES string of the molecule is CCCCS(=O)(=O)N(CC(C)O)CC(C)C(=O)O. The van der Waals surface area contributed by atoms with Crippen molar-refractivity contribution in [3.63, 3.8) is 0 Å². The number of aliphatic hydroxyl groups excluding tert-OH is 1. The molecule has 0 rings (SSSR count). The van der Waals surface area contributed by atoms with Gasteiger partial charge in [0.05, 0.1) is 17.8 Å². The summed E-state index contributed by atoms with van der Waals surface area (Å²) < 4.78 is 25.1. The van der Waals surface area contributed by atoms with Crippen molar-refractivity contribution in [3.8, 4) is 0 Å². The Kier molecular flexibility index (Phi) is 7.42. The molecule has 7 heteroatoms. The Labute approximate surface area is 109 Å². The summed E-state index contributed by atoms with van der Waals surface area (Å²) in [6, 6.07) is 0. The molecule has 0 radical (unpaired) electrons. The van der Waals surface area contributed by atoms with Crippen LogP contribution in [-0.4, -0.2) is 53.9 Å². The highest BCUT2D eigenvalue weighted by molar-refractivity contribution is 7.89. The van der Waals surface area contributed by atoms with Crippen LogP contribution in [-0.2, 0) is 14.8 Å². The Hall–Kier alpha value is -0.660. The minimum absolute atomic E-state index is 0.0114. The van der Waals surface area contributed by atoms with E-state index in [4.69, 9.17) is 5.11 Å². The van der Waals surface area contributed by atoms with Crippen molar-refractivity contribution < 1.29 is 23.4 Å². The van der Waals surface area contributed by atoms with Crippen LogP contribution in [0.4, 0.5) is 0 Å². The highest BCUT2D eigenvalue weighted by atomic mass is 32.2. The zero-order valence-corrected chi connectivity index (χ0v) is 12.0. The highest BCUT2D eigenvalue weighted by Crippen LogP contribution is 2.10. The van der Waals surface area contributed by atoms with Crippen LogP contribution in [0.1, 0.15) is 33.6 Å². The molecule has 2 N–H and O–H groups in total. The van der Waals surface area contributed by atoms with Crippen LogP contribution in [0.15, 0.2) is 0 Å². The molecule has 2 atom stereocenters. The number of carbonyl (C=O) groups is 1. The minimum Gasteiger partial charge on any atom is -0.481 e. The van der Waals surface area contributed by atoms with Gasteiger partial charge in [0.15, 0.2) is 0 Å². The van der Waals surface area contributed by atoms with Crippen LogP contribution in [0.3, 0.4) is 0 Å². The first kappa shape index (κ1) is 17.3. The lowest BCUT2D eigenvalue weighted by Gasteiger charge is -2.25. The fourth-order valence-electron chi connectivity index (χ4n) is 1.44. The predicted octanol–water partition coefficient (Wildman–Crippen LogP) is 0.520. The number of aliphatic hydroxyl groups is 1. The van der Waals surface area contributed by atoms with Gasteiger partial charge in [-0.2, -0.15) is 4.31 Å². The Balaban J connectivity index is 4.81. The van der Waals surface area contributed by atoms with Crippen molar-refractivity contribution in [2.45, 2.75) is 39.7 Å². The van der Waals surface area contributed by atoms with E-state index in [0.717, 1.165) is 10.7 Å². The molecule has 0 amide bonds. The molecule has 0 bridgehead atoms. The third-order valence-electron chi connectivity index (χ3n) is 2.52. The van der Waals surface area contributed by atoms with E-state index in [9.17, 15) is 18.3 Å². The molecule has 0 aliphatic carbocycles. The number of carboxylic acids is 1. The van der Waals surface area contributed by atoms with Gasteiger partial charge in [-0.3, -0.25) is 4.79 Å². The van der Waals surface area contributed by atoms with Gasteiger partial charge in [-0.05, 0) is 13.3 Å². The second-order valence-electron chi connectivity index (χ2n) is 4.57. The van der Waals surface area contributed by atoms with Gasteiger partial charge in [-0.25, -0.2) is 8.42 Å². The summed E-state index contributed by atoms with van der Waals surface area (Å²) >= 11 is 0. The van der Waals surface area contributed by atoms with Crippen LogP contribution in [0.2, 0.25) is 0 Å². The summed E-state index contributed by atoms with van der Waals surface area (Å²) in [5, 5.41) is 18.1. The van der Waals surface area contributed by atoms with Gasteiger partial charge in [0, 0.05) is 13.1 Å². The number of carboxylic acid groups (broad SMARTS) is 1. The monoisotopic (exact) mass is 281 g/mol. The number of sulfonamides is 1. The van der Waals surface area contributed by atoms with E-state index in [1.807, 2.05) is 6.92 Å². The van der Waals surface area contributed by atoms with Crippen LogP contribution >= 0.6 is 0 Å². The standard InChI is InChI=1S/C11H23NO5S/c1-4-5-6-18(16,17)12(8-10(3)13)7-9(2)11(14)15/h9-10,13H,4-8H2,1-3H3,(H,14,15). The van der Waals surface area contributed by atoms with Crippen LogP contribution < -0.4 is 0 Å². The van der Waals surface area contributed by atoms with E-state index in [1.54, 1.807) is 0 Å². The van der Waals surface area contributed by atoms with Crippen molar-refractivity contribution in [2.24, 2.45) is 5.92 Å². The fourth-order valence-corrected chi connectivity index (χ4v) is 3.24. The highest BCUT2D eigenvalue weighted by Gasteiger charge is 2.26. The van der Waals surface area contributed by atoms with Crippen LogP contribution in [0.5, 0.6) is 0 Å². The number of hydrogen-bond acceptors (Lipinski definition) is 4. The molecule has 6 nitrogen and oxygen atoms in total. The van der Waals surface area contributed by atoms with E-state index >= 15 is 0 Å². The number of rotatable bonds is 9. The summed E-state index contributed by atoms with van der Waals surface area (Å²) in [6.45, 7) is 4.64. The van der Waals surface area contributed by atoms with Crippen LogP contribution in [0, 0.1) is 5.92 Å². The van der Waals surface area contributed by atoms with E-state index in [-0.39, 0.29) is 18.8 Å². The first-order valence-corrected chi connectivity index (χ1v) is 7.70. The van der Waals surface area contributed by atoms with Crippen molar-refractivity contribution >= 4 is 16.0 Å². The average Bonchev–Trinajstić information content (AvgIpc) is 2.24. The molecule has 0 aromatic rings. The Morgan fingerprint density at radius 3 is 2.22 bits per heavy atom. The van der Waals surface area contributed by atoms with E-state index in [2.05, 4.69) is 0 Å². The van der Waals surface area contributed by atoms with Gasteiger partial charge in [0.1, 0.15) is 0 Å². The summed E-state index contributed by atoms with van der Waals surface area (Å²) in [5.41, 5.74) is 0. The molecule has 0 spiro atoms. The van der Waals surface area contributed by atoms with Crippen molar-refractivity contribution in [3.05, 3.63) is 0 Å². The smallest absolute Gasteiger partial charge is 0.307 e. The summed E-state index contributed by atoms with van der Waals surface area (Å²) in [5.74, 6) is -1.85. The van der Waals surface area contributed by atoms with E-state index in [0.29, 0.717) is 6.42 Å². The van der Waals surface area contributed by atoms with Gasteiger partial charge < -0.3 is 10.2 Å². The third-order valence-corrected chi connectivity index (χ3v) is 4.41. The molecule has 0 saturated heterocycles. The molecule has 0 heterocycles. The molecule has 108 valence electrons. The van der Waals surface area contributed by atoms with Crippen LogP contribution in [0.25, 0.3) is 0 Å². The first-order valence-electron chi connectivity index (χ1n) is 6.09. The molecular weight excluding hydrogens is 258 g/mol. The fraction of sp³-hybridized carbons (Fsp3) is 0.909. The topological polar surface area (TPSA) is 94.9 Å². The number of aliphatic carboxylic acids is 1. The molecule has 2 unspecified atom stereocenters. The molecule has 0 saturated carbocycles. The van der Waals surface area contributed by atoms with E-state index < -0.39 is 28.0 Å². The number of unbranched alkanes of at least 4 members (excludes halogenated alkanes) is 1. The maximum atomic E-state index is 12.0. The Bertz CT molecular complexity index is 352. The number of hydrogen-bond donors (Lipinski definition) is 2. The maximum Gasteiger partial charge on any atom is 0.307 e. The van der Waals surface area contributed by atoms with Gasteiger partial charge in [0.2, 0.25) is 10.0 Å². The summed E-state index contributed by atoms with van der Waals surface area (Å²) in [4.78, 5) is 10.8. The predicted molar refractivity (Wildman–Crippen MR) is 68.7 cm³/mol. The van der Waals surface area contributed by atoms with Gasteiger partial charge >= 0.3 is 5.97 Å². The molecule has 18 heavy (non-hydrogen) atoms. The molecular formula is C11H23NO5S. The normalized spacial score (nSPS) is 15.6. The number of nitrogens with zero attached hydrogens (tertiary/aromatic N) is 1. The van der Waals surface area contributed by atoms with Crippen molar-refractivity contribution in [1.82, 2.24) is 4.31 Å². The largest absolute Gasteiger partial charge is 0.481 e. The summed E-state index contributed by atoms with van der Waals surface area (Å²) in [6.07, 6.45) is 0.457. The molecule has 0 aromatic carbocycles.